The van der Waals surface area contributed by atoms with Gasteiger partial charge in [0.1, 0.15) is 34.6 Å². The van der Waals surface area contributed by atoms with Crippen LogP contribution in [-0.2, 0) is 10.2 Å². The number of carbonyl (C=O) groups is 1. The topological polar surface area (TPSA) is 69.5 Å². The molecule has 2 unspecified atom stereocenters. The summed E-state index contributed by atoms with van der Waals surface area (Å²) in [6.45, 7) is 4.24. The van der Waals surface area contributed by atoms with E-state index in [4.69, 9.17) is 5.26 Å². The van der Waals surface area contributed by atoms with E-state index in [9.17, 15) is 9.18 Å². The molecular formula is C17H16FN3O. The first kappa shape index (κ1) is 13.4. The molecule has 2 fully saturated rings. The summed E-state index contributed by atoms with van der Waals surface area (Å²) in [4.78, 5) is 20.4. The van der Waals surface area contributed by atoms with Crippen LogP contribution < -0.4 is 0 Å². The van der Waals surface area contributed by atoms with Crippen LogP contribution in [0, 0.1) is 28.5 Å². The summed E-state index contributed by atoms with van der Waals surface area (Å²) in [6, 6.07) is 4.72. The Labute approximate surface area is 127 Å². The van der Waals surface area contributed by atoms with Crippen LogP contribution in [0.25, 0.3) is 11.0 Å². The number of nitrogens with zero attached hydrogens (tertiary/aromatic N) is 2. The van der Waals surface area contributed by atoms with Gasteiger partial charge in [0.25, 0.3) is 0 Å². The zero-order valence-corrected chi connectivity index (χ0v) is 12.5. The van der Waals surface area contributed by atoms with Crippen LogP contribution in [0.1, 0.15) is 44.5 Å². The highest BCUT2D eigenvalue weighted by Crippen LogP contribution is 2.64. The molecule has 1 aromatic heterocycles. The van der Waals surface area contributed by atoms with Gasteiger partial charge in [-0.2, -0.15) is 5.26 Å². The zero-order valence-electron chi connectivity index (χ0n) is 12.5. The number of nitriles is 1. The Morgan fingerprint density at radius 2 is 2.23 bits per heavy atom. The number of H-pyrrole nitrogens is 1. The fourth-order valence-electron chi connectivity index (χ4n) is 4.59. The monoisotopic (exact) mass is 297 g/mol. The minimum atomic E-state index is -0.625. The van der Waals surface area contributed by atoms with Crippen molar-refractivity contribution in [1.82, 2.24) is 9.97 Å². The summed E-state index contributed by atoms with van der Waals surface area (Å²) < 4.78 is 13.8. The van der Waals surface area contributed by atoms with Gasteiger partial charge in [-0.15, -0.1) is 0 Å². The smallest absolute Gasteiger partial charge is 0.147 e. The third-order valence-corrected chi connectivity index (χ3v) is 6.02. The van der Waals surface area contributed by atoms with Gasteiger partial charge in [0.15, 0.2) is 0 Å². The first-order valence-electron chi connectivity index (χ1n) is 7.54. The molecule has 2 aliphatic carbocycles. The maximum atomic E-state index is 13.8. The summed E-state index contributed by atoms with van der Waals surface area (Å²) in [5.74, 6) is 0.610. The van der Waals surface area contributed by atoms with Crippen LogP contribution in [0.3, 0.4) is 0 Å². The van der Waals surface area contributed by atoms with Gasteiger partial charge in [-0.05, 0) is 36.3 Å². The van der Waals surface area contributed by atoms with Crippen LogP contribution in [0.15, 0.2) is 12.1 Å². The molecule has 2 saturated carbocycles. The summed E-state index contributed by atoms with van der Waals surface area (Å²) in [6.07, 6.45) is 2.37. The molecule has 0 radical (unpaired) electrons. The van der Waals surface area contributed by atoms with Gasteiger partial charge >= 0.3 is 0 Å². The SMILES string of the molecule is CC1(C)C2CCC1(c1nc3c(C#N)c(F)ccc3[nH]1)C(=O)C2. The minimum absolute atomic E-state index is 0.0609. The van der Waals surface area contributed by atoms with Gasteiger partial charge in [0.05, 0.1) is 10.9 Å². The van der Waals surface area contributed by atoms with Crippen molar-refractivity contribution in [2.45, 2.75) is 38.5 Å². The van der Waals surface area contributed by atoms with E-state index in [2.05, 4.69) is 23.8 Å². The Bertz CT molecular complexity index is 861. The molecule has 112 valence electrons. The van der Waals surface area contributed by atoms with E-state index in [0.29, 0.717) is 29.2 Å². The lowest BCUT2D eigenvalue weighted by Crippen LogP contribution is -2.41. The zero-order chi connectivity index (χ0) is 15.7. The van der Waals surface area contributed by atoms with Crippen molar-refractivity contribution in [3.8, 4) is 6.07 Å². The van der Waals surface area contributed by atoms with E-state index in [1.807, 2.05) is 6.07 Å². The fraction of sp³-hybridized carbons (Fsp3) is 0.471. The van der Waals surface area contributed by atoms with E-state index in [-0.39, 0.29) is 16.8 Å². The molecule has 5 heteroatoms. The van der Waals surface area contributed by atoms with Crippen molar-refractivity contribution in [2.24, 2.45) is 11.3 Å². The highest BCUT2D eigenvalue weighted by atomic mass is 19.1. The standard InChI is InChI=1S/C17H16FN3O/c1-16(2)9-5-6-17(16,13(22)7-9)15-20-12-4-3-11(18)10(8-19)14(12)21-15/h3-4,9H,5-7H2,1-2H3,(H,20,21). The maximum absolute atomic E-state index is 13.8. The molecule has 4 nitrogen and oxygen atoms in total. The first-order valence-corrected chi connectivity index (χ1v) is 7.54. The predicted octanol–water partition coefficient (Wildman–Crippen LogP) is 3.22. The third-order valence-electron chi connectivity index (χ3n) is 6.02. The van der Waals surface area contributed by atoms with E-state index in [1.165, 1.54) is 6.07 Å². The number of halogens is 1. The highest BCUT2D eigenvalue weighted by molar-refractivity contribution is 5.95. The van der Waals surface area contributed by atoms with E-state index in [1.54, 1.807) is 6.07 Å². The molecule has 22 heavy (non-hydrogen) atoms. The van der Waals surface area contributed by atoms with Crippen molar-refractivity contribution in [1.29, 1.82) is 5.26 Å². The van der Waals surface area contributed by atoms with Gasteiger partial charge < -0.3 is 4.98 Å². The predicted molar refractivity (Wildman–Crippen MR) is 78.6 cm³/mol. The van der Waals surface area contributed by atoms with Crippen molar-refractivity contribution in [3.63, 3.8) is 0 Å². The Morgan fingerprint density at radius 1 is 1.45 bits per heavy atom. The lowest BCUT2D eigenvalue weighted by molar-refractivity contribution is -0.124. The van der Waals surface area contributed by atoms with E-state index >= 15 is 0 Å². The van der Waals surface area contributed by atoms with Crippen LogP contribution in [0.2, 0.25) is 0 Å². The molecule has 1 aromatic carbocycles. The molecule has 1 heterocycles. The molecule has 4 rings (SSSR count). The molecule has 0 amide bonds. The number of aromatic nitrogens is 2. The minimum Gasteiger partial charge on any atom is -0.341 e. The number of nitrogens with one attached hydrogen (secondary N) is 1. The maximum Gasteiger partial charge on any atom is 0.147 e. The Balaban J connectivity index is 2.00. The number of aromatic amines is 1. The number of rotatable bonds is 1. The van der Waals surface area contributed by atoms with E-state index < -0.39 is 11.2 Å². The second-order valence-corrected chi connectivity index (χ2v) is 7.01. The Kier molecular flexibility index (Phi) is 2.41. The molecule has 0 saturated heterocycles. The number of fused-ring (bicyclic) bond motifs is 3. The quantitative estimate of drug-likeness (QED) is 0.878. The number of hydrogen-bond donors (Lipinski definition) is 1. The number of carbonyl (C=O) groups excluding carboxylic acids is 1. The second-order valence-electron chi connectivity index (χ2n) is 7.01. The normalized spacial score (nSPS) is 29.2. The fourth-order valence-corrected chi connectivity index (χ4v) is 4.59. The average molecular weight is 297 g/mol. The molecule has 0 spiro atoms. The number of Topliss-reactive ketones (excluding diaryl/α,β-unsaturated/α-hetero) is 1. The van der Waals surface area contributed by atoms with Gasteiger partial charge in [-0.3, -0.25) is 4.79 Å². The van der Waals surface area contributed by atoms with Gasteiger partial charge in [0, 0.05) is 6.42 Å². The molecule has 2 atom stereocenters. The van der Waals surface area contributed by atoms with Crippen LogP contribution >= 0.6 is 0 Å². The van der Waals surface area contributed by atoms with Crippen molar-refractivity contribution < 1.29 is 9.18 Å². The summed E-state index contributed by atoms with van der Waals surface area (Å²) in [7, 11) is 0. The largest absolute Gasteiger partial charge is 0.341 e. The molecule has 2 aromatic rings. The van der Waals surface area contributed by atoms with E-state index in [0.717, 1.165) is 12.8 Å². The summed E-state index contributed by atoms with van der Waals surface area (Å²) >= 11 is 0. The highest BCUT2D eigenvalue weighted by Gasteiger charge is 2.66. The van der Waals surface area contributed by atoms with Crippen LogP contribution in [0.5, 0.6) is 0 Å². The lowest BCUT2D eigenvalue weighted by atomic mass is 9.68. The molecular weight excluding hydrogens is 281 g/mol. The summed E-state index contributed by atoms with van der Waals surface area (Å²) in [5, 5.41) is 9.16. The second kappa shape index (κ2) is 3.95. The molecule has 0 aliphatic heterocycles. The number of hydrogen-bond acceptors (Lipinski definition) is 3. The van der Waals surface area contributed by atoms with Crippen molar-refractivity contribution in [3.05, 3.63) is 29.3 Å². The molecule has 2 bridgehead atoms. The Hall–Kier alpha value is -2.22. The van der Waals surface area contributed by atoms with Crippen molar-refractivity contribution >= 4 is 16.8 Å². The third kappa shape index (κ3) is 1.31. The van der Waals surface area contributed by atoms with Gasteiger partial charge in [-0.1, -0.05) is 13.8 Å². The summed E-state index contributed by atoms with van der Waals surface area (Å²) in [5.41, 5.74) is 0.0877. The number of imidazole rings is 1. The number of ketones is 1. The van der Waals surface area contributed by atoms with Gasteiger partial charge in [-0.25, -0.2) is 9.37 Å². The lowest BCUT2D eigenvalue weighted by Gasteiger charge is -2.34. The average Bonchev–Trinajstić information content (AvgIpc) is 3.06. The number of benzene rings is 1. The van der Waals surface area contributed by atoms with Gasteiger partial charge in [0.2, 0.25) is 0 Å². The molecule has 2 aliphatic rings. The van der Waals surface area contributed by atoms with Crippen LogP contribution in [0.4, 0.5) is 4.39 Å². The van der Waals surface area contributed by atoms with Crippen molar-refractivity contribution in [2.75, 3.05) is 0 Å². The molecule has 1 N–H and O–H groups in total. The Morgan fingerprint density at radius 3 is 2.82 bits per heavy atom. The van der Waals surface area contributed by atoms with Crippen LogP contribution in [-0.4, -0.2) is 15.8 Å². The first-order chi connectivity index (χ1) is 10.4.